The van der Waals surface area contributed by atoms with Crippen molar-refractivity contribution in [1.29, 1.82) is 0 Å². The van der Waals surface area contributed by atoms with Crippen LogP contribution < -0.4 is 4.72 Å². The van der Waals surface area contributed by atoms with Crippen molar-refractivity contribution in [2.75, 3.05) is 4.72 Å². The topological polar surface area (TPSA) is 89.3 Å². The lowest BCUT2D eigenvalue weighted by atomic mass is 10.3. The molecule has 8 heteroatoms. The molecule has 0 heterocycles. The van der Waals surface area contributed by atoms with Crippen molar-refractivity contribution in [2.45, 2.75) is 19.1 Å². The summed E-state index contributed by atoms with van der Waals surface area (Å²) in [6.07, 6.45) is 0. The summed E-state index contributed by atoms with van der Waals surface area (Å²) in [6, 6.07) is 2.65. The Balaban J connectivity index is 3.15. The summed E-state index contributed by atoms with van der Waals surface area (Å²) < 4.78 is 38.2. The highest BCUT2D eigenvalue weighted by atomic mass is 32.2. The second kappa shape index (κ2) is 4.66. The quantitative estimate of drug-likeness (QED) is 0.662. The third-order valence-corrected chi connectivity index (χ3v) is 3.78. The third-order valence-electron chi connectivity index (χ3n) is 2.03. The Bertz CT molecular complexity index is 542. The summed E-state index contributed by atoms with van der Waals surface area (Å²) in [5.74, 6) is -0.861. The first kappa shape index (κ1) is 13.4. The first-order valence-corrected chi connectivity index (χ1v) is 6.24. The standard InChI is InChI=1S/C9H11FN2O4S/c1-6(2)17(15,16)11-9-5-7(12(13)14)3-4-8(9)10/h3-6,11H,1-2H3. The van der Waals surface area contributed by atoms with Gasteiger partial charge in [0.2, 0.25) is 10.0 Å². The van der Waals surface area contributed by atoms with Gasteiger partial charge in [-0.3, -0.25) is 14.8 Å². The third kappa shape index (κ3) is 3.13. The lowest BCUT2D eigenvalue weighted by Crippen LogP contribution is -2.23. The van der Waals surface area contributed by atoms with Crippen LogP contribution in [0.2, 0.25) is 0 Å². The number of nitrogens with zero attached hydrogens (tertiary/aromatic N) is 1. The molecule has 17 heavy (non-hydrogen) atoms. The molecule has 94 valence electrons. The normalized spacial score (nSPS) is 11.5. The second-order valence-corrected chi connectivity index (χ2v) is 5.85. The molecule has 0 saturated heterocycles. The van der Waals surface area contributed by atoms with Crippen LogP contribution in [-0.4, -0.2) is 18.6 Å². The highest BCUT2D eigenvalue weighted by Gasteiger charge is 2.19. The van der Waals surface area contributed by atoms with Crippen LogP contribution in [0.15, 0.2) is 18.2 Å². The summed E-state index contributed by atoms with van der Waals surface area (Å²) in [5.41, 5.74) is -0.805. The Morgan fingerprint density at radius 3 is 2.47 bits per heavy atom. The maximum Gasteiger partial charge on any atom is 0.271 e. The fourth-order valence-electron chi connectivity index (χ4n) is 0.976. The fourth-order valence-corrected chi connectivity index (χ4v) is 1.67. The zero-order valence-corrected chi connectivity index (χ0v) is 9.99. The van der Waals surface area contributed by atoms with Crippen LogP contribution in [0, 0.1) is 15.9 Å². The molecule has 1 aromatic carbocycles. The molecule has 0 fully saturated rings. The fraction of sp³-hybridized carbons (Fsp3) is 0.333. The van der Waals surface area contributed by atoms with E-state index in [1.807, 2.05) is 4.72 Å². The predicted molar refractivity (Wildman–Crippen MR) is 60.7 cm³/mol. The van der Waals surface area contributed by atoms with Gasteiger partial charge in [0.15, 0.2) is 0 Å². The average molecular weight is 262 g/mol. The zero-order chi connectivity index (χ0) is 13.2. The van der Waals surface area contributed by atoms with Gasteiger partial charge >= 0.3 is 0 Å². The number of halogens is 1. The van der Waals surface area contributed by atoms with Crippen molar-refractivity contribution < 1.29 is 17.7 Å². The van der Waals surface area contributed by atoms with E-state index in [4.69, 9.17) is 0 Å². The van der Waals surface area contributed by atoms with E-state index in [9.17, 15) is 22.9 Å². The molecule has 0 atom stereocenters. The Hall–Kier alpha value is -1.70. The number of sulfonamides is 1. The minimum atomic E-state index is -3.73. The molecule has 1 rings (SSSR count). The lowest BCUT2D eigenvalue weighted by molar-refractivity contribution is -0.384. The molecule has 0 amide bonds. The number of benzene rings is 1. The molecule has 1 aromatic rings. The SMILES string of the molecule is CC(C)S(=O)(=O)Nc1cc([N+](=O)[O-])ccc1F. The van der Waals surface area contributed by atoms with Crippen molar-refractivity contribution in [1.82, 2.24) is 0 Å². The molecule has 1 N–H and O–H groups in total. The number of hydrogen-bond donors (Lipinski definition) is 1. The number of anilines is 1. The first-order valence-electron chi connectivity index (χ1n) is 4.69. The molecule has 0 aromatic heterocycles. The van der Waals surface area contributed by atoms with Crippen LogP contribution >= 0.6 is 0 Å². The van der Waals surface area contributed by atoms with Gasteiger partial charge in [-0.05, 0) is 19.9 Å². The molecule has 0 saturated carbocycles. The Morgan fingerprint density at radius 1 is 1.41 bits per heavy atom. The van der Waals surface area contributed by atoms with Crippen molar-refractivity contribution in [3.05, 3.63) is 34.1 Å². The van der Waals surface area contributed by atoms with Crippen molar-refractivity contribution in [3.8, 4) is 0 Å². The number of nitro groups is 1. The lowest BCUT2D eigenvalue weighted by Gasteiger charge is -2.11. The van der Waals surface area contributed by atoms with Crippen LogP contribution in [0.25, 0.3) is 0 Å². The van der Waals surface area contributed by atoms with Crippen molar-refractivity contribution in [2.24, 2.45) is 0 Å². The van der Waals surface area contributed by atoms with Crippen LogP contribution in [0.4, 0.5) is 15.8 Å². The molecular weight excluding hydrogens is 251 g/mol. The molecule has 0 radical (unpaired) electrons. The second-order valence-electron chi connectivity index (χ2n) is 3.62. The van der Waals surface area contributed by atoms with Gasteiger partial charge in [-0.15, -0.1) is 0 Å². The van der Waals surface area contributed by atoms with Gasteiger partial charge in [-0.25, -0.2) is 12.8 Å². The van der Waals surface area contributed by atoms with E-state index in [0.29, 0.717) is 0 Å². The number of nitro benzene ring substituents is 1. The maximum atomic E-state index is 13.3. The van der Waals surface area contributed by atoms with Crippen LogP contribution in [0.1, 0.15) is 13.8 Å². The molecule has 0 aliphatic carbocycles. The molecule has 0 unspecified atom stereocenters. The number of hydrogen-bond acceptors (Lipinski definition) is 4. The van der Waals surface area contributed by atoms with Crippen molar-refractivity contribution >= 4 is 21.4 Å². The average Bonchev–Trinajstić information content (AvgIpc) is 2.20. The molecule has 0 bridgehead atoms. The maximum absolute atomic E-state index is 13.3. The van der Waals surface area contributed by atoms with Crippen LogP contribution in [0.3, 0.4) is 0 Å². The predicted octanol–water partition coefficient (Wildman–Crippen LogP) is 1.88. The van der Waals surface area contributed by atoms with E-state index in [1.54, 1.807) is 0 Å². The zero-order valence-electron chi connectivity index (χ0n) is 9.18. The highest BCUT2D eigenvalue weighted by molar-refractivity contribution is 7.93. The molecule has 0 aliphatic heterocycles. The number of rotatable bonds is 4. The summed E-state index contributed by atoms with van der Waals surface area (Å²) in [7, 11) is -3.73. The first-order chi connectivity index (χ1) is 7.74. The van der Waals surface area contributed by atoms with Gasteiger partial charge in [0.1, 0.15) is 5.82 Å². The minimum Gasteiger partial charge on any atom is -0.280 e. The van der Waals surface area contributed by atoms with Crippen LogP contribution in [0.5, 0.6) is 0 Å². The van der Waals surface area contributed by atoms with Gasteiger partial charge in [-0.1, -0.05) is 0 Å². The summed E-state index contributed by atoms with van der Waals surface area (Å²) >= 11 is 0. The van der Waals surface area contributed by atoms with Crippen molar-refractivity contribution in [3.63, 3.8) is 0 Å². The van der Waals surface area contributed by atoms with E-state index >= 15 is 0 Å². The number of non-ortho nitro benzene ring substituents is 1. The monoisotopic (exact) mass is 262 g/mol. The van der Waals surface area contributed by atoms with E-state index in [2.05, 4.69) is 0 Å². The summed E-state index contributed by atoms with van der Waals surface area (Å²) in [5, 5.41) is 9.71. The molecule has 0 aliphatic rings. The number of nitrogens with one attached hydrogen (secondary N) is 1. The van der Waals surface area contributed by atoms with Gasteiger partial charge < -0.3 is 0 Å². The molecule has 6 nitrogen and oxygen atoms in total. The van der Waals surface area contributed by atoms with E-state index in [0.717, 1.165) is 18.2 Å². The van der Waals surface area contributed by atoms with E-state index in [-0.39, 0.29) is 5.69 Å². The Kier molecular flexibility index (Phi) is 3.66. The van der Waals surface area contributed by atoms with Gasteiger partial charge in [0.05, 0.1) is 15.9 Å². The minimum absolute atomic E-state index is 0.382. The summed E-state index contributed by atoms with van der Waals surface area (Å²) in [4.78, 5) is 9.74. The van der Waals surface area contributed by atoms with Gasteiger partial charge in [0, 0.05) is 12.1 Å². The highest BCUT2D eigenvalue weighted by Crippen LogP contribution is 2.22. The van der Waals surface area contributed by atoms with E-state index < -0.39 is 31.7 Å². The van der Waals surface area contributed by atoms with Crippen LogP contribution in [-0.2, 0) is 10.0 Å². The van der Waals surface area contributed by atoms with E-state index in [1.165, 1.54) is 13.8 Å². The smallest absolute Gasteiger partial charge is 0.271 e. The summed E-state index contributed by atoms with van der Waals surface area (Å²) in [6.45, 7) is 2.83. The molecular formula is C9H11FN2O4S. The Labute approximate surface area is 97.7 Å². The Morgan fingerprint density at radius 2 is 2.00 bits per heavy atom. The van der Waals surface area contributed by atoms with Gasteiger partial charge in [-0.2, -0.15) is 0 Å². The van der Waals surface area contributed by atoms with Gasteiger partial charge in [0.25, 0.3) is 5.69 Å². The molecule has 0 spiro atoms. The largest absolute Gasteiger partial charge is 0.280 e.